The fourth-order valence-electron chi connectivity index (χ4n) is 9.21. The van der Waals surface area contributed by atoms with E-state index in [2.05, 4.69) is 236 Å². The van der Waals surface area contributed by atoms with Crippen LogP contribution in [0.4, 0.5) is 34.1 Å². The van der Waals surface area contributed by atoms with Crippen LogP contribution in [0.3, 0.4) is 0 Å². The van der Waals surface area contributed by atoms with Crippen molar-refractivity contribution in [2.24, 2.45) is 0 Å². The molecule has 322 valence electrons. The van der Waals surface area contributed by atoms with Crippen LogP contribution < -0.4 is 9.80 Å². The molecule has 0 aliphatic carbocycles. The van der Waals surface area contributed by atoms with Gasteiger partial charge in [-0.15, -0.1) is 0 Å². The highest BCUT2D eigenvalue weighted by Gasteiger charge is 2.26. The van der Waals surface area contributed by atoms with Crippen molar-refractivity contribution >= 4 is 86.5 Å². The number of anilines is 6. The van der Waals surface area contributed by atoms with Crippen LogP contribution in [0.25, 0.3) is 32.3 Å². The smallest absolute Gasteiger partial charge is 0.0543 e. The zero-order valence-corrected chi connectivity index (χ0v) is 41.4. The minimum absolute atomic E-state index is 0.318. The van der Waals surface area contributed by atoms with E-state index in [4.69, 9.17) is 0 Å². The monoisotopic (exact) mass is 856 g/mol. The molecule has 0 radical (unpaired) electrons. The van der Waals surface area contributed by atoms with Crippen molar-refractivity contribution in [3.8, 4) is 0 Å². The van der Waals surface area contributed by atoms with E-state index >= 15 is 0 Å². The third-order valence-corrected chi connectivity index (χ3v) is 16.3. The summed E-state index contributed by atoms with van der Waals surface area (Å²) < 4.78 is 0. The summed E-state index contributed by atoms with van der Waals surface area (Å²) in [5.74, 6) is 1.56. The third kappa shape index (κ3) is 8.10. The Morgan fingerprint density at radius 1 is 0.323 bits per heavy atom. The molecule has 0 heterocycles. The van der Waals surface area contributed by atoms with Crippen LogP contribution in [0.1, 0.15) is 101 Å². The summed E-state index contributed by atoms with van der Waals surface area (Å²) in [7, 11) is -1.75. The normalized spacial score (nSPS) is 13.1. The number of nitrogens with zero attached hydrogens (tertiary/aromatic N) is 2. The first-order valence-electron chi connectivity index (χ1n) is 22.5. The van der Waals surface area contributed by atoms with Crippen molar-refractivity contribution in [1.82, 2.24) is 0 Å². The second kappa shape index (κ2) is 16.7. The van der Waals surface area contributed by atoms with E-state index < -0.39 is 20.1 Å². The number of hydrogen-bond donors (Lipinski definition) is 0. The molecule has 8 rings (SSSR count). The van der Waals surface area contributed by atoms with Gasteiger partial charge in [-0.1, -0.05) is 104 Å². The Morgan fingerprint density at radius 2 is 0.597 bits per heavy atom. The fourth-order valence-corrected chi connectivity index (χ4v) is 11.1. The van der Waals surface area contributed by atoms with Gasteiger partial charge >= 0.3 is 0 Å². The summed E-state index contributed by atoms with van der Waals surface area (Å²) >= 11 is 0. The summed E-state index contributed by atoms with van der Waals surface area (Å²) in [4.78, 5) is 7.88. The number of hydrogen-bond acceptors (Lipinski definition) is 2. The van der Waals surface area contributed by atoms with E-state index in [1.165, 1.54) is 98.5 Å². The van der Waals surface area contributed by atoms with E-state index in [1.54, 1.807) is 0 Å². The molecule has 0 aliphatic rings. The Balaban J connectivity index is 1.47. The molecule has 0 bridgehead atoms. The molecular weight excluding hydrogens is 789 g/mol. The average Bonchev–Trinajstić information content (AvgIpc) is 3.23. The molecule has 0 aromatic heterocycles. The van der Waals surface area contributed by atoms with Gasteiger partial charge < -0.3 is 9.80 Å². The van der Waals surface area contributed by atoms with Gasteiger partial charge in [0.1, 0.15) is 0 Å². The lowest BCUT2D eigenvalue weighted by Gasteiger charge is -2.32. The van der Waals surface area contributed by atoms with Crippen LogP contribution in [-0.2, 0) is 0 Å². The predicted molar refractivity (Wildman–Crippen MR) is 283 cm³/mol. The van der Waals surface area contributed by atoms with Gasteiger partial charge in [-0.25, -0.2) is 20.1 Å². The predicted octanol–water partition coefficient (Wildman–Crippen LogP) is 18.1. The molecule has 8 aromatic carbocycles. The van der Waals surface area contributed by atoms with Crippen molar-refractivity contribution in [2.45, 2.75) is 88.9 Å². The molecule has 0 aliphatic heterocycles. The Hall–Kier alpha value is -4.90. The Labute approximate surface area is 376 Å². The second-order valence-electron chi connectivity index (χ2n) is 20.2. The van der Waals surface area contributed by atoms with Gasteiger partial charge in [0.25, 0.3) is 0 Å². The lowest BCUT2D eigenvalue weighted by atomic mass is 9.84. The van der Waals surface area contributed by atoms with E-state index in [1.807, 2.05) is 0 Å². The van der Waals surface area contributed by atoms with E-state index in [-0.39, 0.29) is 0 Å². The van der Waals surface area contributed by atoms with Crippen LogP contribution in [0, 0.1) is 0 Å². The van der Waals surface area contributed by atoms with Gasteiger partial charge in [0.15, 0.2) is 0 Å². The highest BCUT2D eigenvalue weighted by Crippen LogP contribution is 2.53. The Kier molecular flexibility index (Phi) is 11.8. The summed E-state index contributed by atoms with van der Waals surface area (Å²) in [5.41, 5.74) is 12.6. The molecule has 4 heteroatoms. The van der Waals surface area contributed by atoms with Gasteiger partial charge in [0.2, 0.25) is 0 Å². The zero-order valence-electron chi connectivity index (χ0n) is 39.7. The molecule has 2 nitrogen and oxygen atoms in total. The van der Waals surface area contributed by atoms with Crippen LogP contribution in [0.2, 0.25) is 0 Å². The maximum Gasteiger partial charge on any atom is 0.0543 e. The third-order valence-electron chi connectivity index (χ3n) is 12.9. The zero-order chi connectivity index (χ0) is 44.4. The van der Waals surface area contributed by atoms with Crippen molar-refractivity contribution in [3.05, 3.63) is 156 Å². The number of rotatable bonds is 12. The van der Waals surface area contributed by atoms with Gasteiger partial charge in [0, 0.05) is 33.5 Å². The van der Waals surface area contributed by atoms with Gasteiger partial charge in [-0.2, -0.15) is 0 Å². The molecule has 0 unspecified atom stereocenters. The standard InChI is InChI=1S/C58H68N2S2/c1-37(2)41-15-19-43(20-16-41)59(45-23-27-47(28-24-45)61(9,10)11)55-35-53(39(5)6)49-32-34-52-56(36-54(40(7)8)50-31-33-51(55)57(49)58(50)52)60(44-21-17-42(18-22-44)38(3)4)46-25-29-48(30-26-46)62(12,13)14/h15-40H,1-14H3. The highest BCUT2D eigenvalue weighted by molar-refractivity contribution is 8.32. The molecule has 0 saturated carbocycles. The van der Waals surface area contributed by atoms with E-state index in [9.17, 15) is 0 Å². The average molecular weight is 857 g/mol. The van der Waals surface area contributed by atoms with Crippen molar-refractivity contribution in [2.75, 3.05) is 47.3 Å². The first kappa shape index (κ1) is 43.7. The molecule has 0 amide bonds. The molecular formula is C58H68N2S2. The molecule has 0 atom stereocenters. The molecule has 62 heavy (non-hydrogen) atoms. The van der Waals surface area contributed by atoms with E-state index in [0.717, 1.165) is 0 Å². The lowest BCUT2D eigenvalue weighted by molar-refractivity contribution is 0.866. The Bertz CT molecular complexity index is 2640. The van der Waals surface area contributed by atoms with Crippen LogP contribution >= 0.6 is 20.1 Å². The van der Waals surface area contributed by atoms with Crippen LogP contribution in [-0.4, -0.2) is 37.5 Å². The highest BCUT2D eigenvalue weighted by atomic mass is 32.3. The molecule has 8 aromatic rings. The van der Waals surface area contributed by atoms with Crippen LogP contribution in [0.15, 0.2) is 143 Å². The first-order valence-corrected chi connectivity index (χ1v) is 28.2. The largest absolute Gasteiger partial charge is 0.310 e. The Morgan fingerprint density at radius 3 is 0.855 bits per heavy atom. The van der Waals surface area contributed by atoms with Gasteiger partial charge in [-0.05, 0) is 200 Å². The fraction of sp³-hybridized carbons (Fsp3) is 0.310. The lowest BCUT2D eigenvalue weighted by Crippen LogP contribution is -2.13. The molecule has 0 saturated heterocycles. The second-order valence-corrected chi connectivity index (χ2v) is 28.5. The summed E-state index contributed by atoms with van der Waals surface area (Å²) in [6, 6.07) is 52.1. The molecule has 0 spiro atoms. The van der Waals surface area contributed by atoms with Crippen LogP contribution in [0.5, 0.6) is 0 Å². The first-order chi connectivity index (χ1) is 29.3. The minimum atomic E-state index is -0.876. The van der Waals surface area contributed by atoms with Crippen molar-refractivity contribution in [3.63, 3.8) is 0 Å². The maximum absolute atomic E-state index is 2.52. The van der Waals surface area contributed by atoms with Gasteiger partial charge in [-0.3, -0.25) is 0 Å². The topological polar surface area (TPSA) is 6.48 Å². The molecule has 0 N–H and O–H groups in total. The minimum Gasteiger partial charge on any atom is -0.310 e. The quantitative estimate of drug-likeness (QED) is 0.113. The molecule has 0 fully saturated rings. The number of benzene rings is 8. The SMILES string of the molecule is CC(C)c1ccc(N(c2ccc(S(C)(C)C)cc2)c2cc(C(C)C)c3ccc4c(N(c5ccc(C(C)C)cc5)c5ccc(S(C)(C)C)cc5)cc(C(C)C)c5ccc2c3c54)cc1. The van der Waals surface area contributed by atoms with Crippen molar-refractivity contribution in [1.29, 1.82) is 0 Å². The van der Waals surface area contributed by atoms with Gasteiger partial charge in [0.05, 0.1) is 11.4 Å². The summed E-state index contributed by atoms with van der Waals surface area (Å²) in [6.45, 7) is 18.5. The maximum atomic E-state index is 2.52. The summed E-state index contributed by atoms with van der Waals surface area (Å²) in [6.07, 6.45) is 14.3. The van der Waals surface area contributed by atoms with Crippen molar-refractivity contribution < 1.29 is 0 Å². The summed E-state index contributed by atoms with van der Waals surface area (Å²) in [5, 5.41) is 7.94. The van der Waals surface area contributed by atoms with E-state index in [0.29, 0.717) is 23.7 Å².